The fourth-order valence-corrected chi connectivity index (χ4v) is 3.61. The first kappa shape index (κ1) is 15.5. The number of carbonyl (C=O) groups excluding carboxylic acids is 1. The normalized spacial score (nSPS) is 13.0. The van der Waals surface area contributed by atoms with Crippen molar-refractivity contribution in [3.8, 4) is 6.07 Å². The van der Waals surface area contributed by atoms with Gasteiger partial charge in [0.25, 0.3) is 10.0 Å². The van der Waals surface area contributed by atoms with Crippen LogP contribution >= 0.6 is 11.3 Å². The molecule has 1 heterocycles. The van der Waals surface area contributed by atoms with Gasteiger partial charge in [-0.1, -0.05) is 11.3 Å². The van der Waals surface area contributed by atoms with Gasteiger partial charge in [0.1, 0.15) is 0 Å². The average Bonchev–Trinajstić information content (AvgIpc) is 2.76. The minimum atomic E-state index is -3.80. The van der Waals surface area contributed by atoms with Crippen molar-refractivity contribution in [2.75, 3.05) is 12.4 Å². The highest BCUT2D eigenvalue weighted by Crippen LogP contribution is 2.24. The van der Waals surface area contributed by atoms with Crippen LogP contribution in [0.25, 0.3) is 0 Å². The zero-order valence-corrected chi connectivity index (χ0v) is 12.2. The first-order chi connectivity index (χ1) is 8.78. The van der Waals surface area contributed by atoms with Crippen LogP contribution in [0.5, 0.6) is 0 Å². The minimum absolute atomic E-state index is 0.0765. The van der Waals surface area contributed by atoms with Crippen LogP contribution < -0.4 is 5.32 Å². The summed E-state index contributed by atoms with van der Waals surface area (Å²) >= 11 is 0.765. The molecule has 0 spiro atoms. The van der Waals surface area contributed by atoms with E-state index in [9.17, 15) is 13.2 Å². The molecule has 0 aliphatic rings. The fraction of sp³-hybridized carbons (Fsp3) is 0.556. The first-order valence-electron chi connectivity index (χ1n) is 5.25. The van der Waals surface area contributed by atoms with Crippen LogP contribution in [0.15, 0.2) is 4.34 Å². The highest BCUT2D eigenvalue weighted by atomic mass is 32.2. The van der Waals surface area contributed by atoms with Gasteiger partial charge in [0, 0.05) is 20.0 Å². The SMILES string of the molecule is CC(=O)Nc1nnc(S(=O)(=O)N(C)C(C)CC#N)s1. The van der Waals surface area contributed by atoms with Crippen LogP contribution in [0.4, 0.5) is 5.13 Å². The quantitative estimate of drug-likeness (QED) is 0.788. The molecule has 0 radical (unpaired) electrons. The molecule has 1 aromatic rings. The van der Waals surface area contributed by atoms with Gasteiger partial charge >= 0.3 is 0 Å². The lowest BCUT2D eigenvalue weighted by atomic mass is 10.3. The van der Waals surface area contributed by atoms with E-state index in [1.807, 2.05) is 6.07 Å². The number of nitrogens with one attached hydrogen (secondary N) is 1. The number of anilines is 1. The molecule has 1 rings (SSSR count). The Hall–Kier alpha value is -1.57. The summed E-state index contributed by atoms with van der Waals surface area (Å²) < 4.78 is 25.2. The summed E-state index contributed by atoms with van der Waals surface area (Å²) in [5.41, 5.74) is 0. The van der Waals surface area contributed by atoms with Gasteiger partial charge in [-0.15, -0.1) is 10.2 Å². The Balaban J connectivity index is 2.97. The van der Waals surface area contributed by atoms with Crippen LogP contribution in [-0.4, -0.2) is 41.9 Å². The van der Waals surface area contributed by atoms with Crippen molar-refractivity contribution >= 4 is 32.4 Å². The van der Waals surface area contributed by atoms with E-state index in [0.717, 1.165) is 15.6 Å². The van der Waals surface area contributed by atoms with Crippen LogP contribution in [0.2, 0.25) is 0 Å². The number of hydrogen-bond donors (Lipinski definition) is 1. The van der Waals surface area contributed by atoms with Crippen molar-refractivity contribution in [3.05, 3.63) is 0 Å². The summed E-state index contributed by atoms with van der Waals surface area (Å²) in [7, 11) is -2.43. The molecule has 0 aliphatic heterocycles. The van der Waals surface area contributed by atoms with Crippen LogP contribution in [0, 0.1) is 11.3 Å². The standard InChI is InChI=1S/C9H13N5O3S2/c1-6(4-5-10)14(3)19(16,17)9-13-12-8(18-9)11-7(2)15/h6H,4H2,1-3H3,(H,11,12,15). The van der Waals surface area contributed by atoms with Crippen molar-refractivity contribution in [2.24, 2.45) is 0 Å². The van der Waals surface area contributed by atoms with Gasteiger partial charge in [0.2, 0.25) is 15.4 Å². The largest absolute Gasteiger partial charge is 0.301 e. The number of nitrogens with zero attached hydrogens (tertiary/aromatic N) is 4. The summed E-state index contributed by atoms with van der Waals surface area (Å²) in [5, 5.41) is 18.2. The number of rotatable bonds is 5. The molecule has 19 heavy (non-hydrogen) atoms. The Bertz CT molecular complexity index is 604. The molecule has 0 bridgehead atoms. The monoisotopic (exact) mass is 303 g/mol. The highest BCUT2D eigenvalue weighted by Gasteiger charge is 2.29. The van der Waals surface area contributed by atoms with Gasteiger partial charge in [-0.25, -0.2) is 8.42 Å². The van der Waals surface area contributed by atoms with Gasteiger partial charge in [0.15, 0.2) is 0 Å². The molecule has 104 valence electrons. The lowest BCUT2D eigenvalue weighted by Gasteiger charge is -2.20. The van der Waals surface area contributed by atoms with Crippen molar-refractivity contribution in [2.45, 2.75) is 30.6 Å². The Morgan fingerprint density at radius 2 is 2.21 bits per heavy atom. The maximum Gasteiger partial charge on any atom is 0.272 e. The van der Waals surface area contributed by atoms with E-state index in [-0.39, 0.29) is 21.8 Å². The third-order valence-corrected chi connectivity index (χ3v) is 5.45. The van der Waals surface area contributed by atoms with E-state index < -0.39 is 16.1 Å². The van der Waals surface area contributed by atoms with Crippen molar-refractivity contribution in [1.29, 1.82) is 5.26 Å². The summed E-state index contributed by atoms with van der Waals surface area (Å²) in [6.07, 6.45) is 0.0765. The minimum Gasteiger partial charge on any atom is -0.301 e. The second kappa shape index (κ2) is 6.05. The number of carbonyl (C=O) groups is 1. The molecule has 0 aromatic carbocycles. The fourth-order valence-electron chi connectivity index (χ4n) is 1.14. The van der Waals surface area contributed by atoms with Crippen molar-refractivity contribution in [3.63, 3.8) is 0 Å². The molecule has 1 N–H and O–H groups in total. The Morgan fingerprint density at radius 1 is 1.58 bits per heavy atom. The van der Waals surface area contributed by atoms with Gasteiger partial charge in [-0.3, -0.25) is 4.79 Å². The van der Waals surface area contributed by atoms with Crippen LogP contribution in [0.1, 0.15) is 20.3 Å². The van der Waals surface area contributed by atoms with Crippen molar-refractivity contribution in [1.82, 2.24) is 14.5 Å². The zero-order chi connectivity index (χ0) is 14.6. The van der Waals surface area contributed by atoms with Gasteiger partial charge in [-0.05, 0) is 6.92 Å². The number of aromatic nitrogens is 2. The van der Waals surface area contributed by atoms with Crippen LogP contribution in [-0.2, 0) is 14.8 Å². The Morgan fingerprint density at radius 3 is 2.74 bits per heavy atom. The van der Waals surface area contributed by atoms with E-state index in [1.54, 1.807) is 6.92 Å². The maximum atomic E-state index is 12.2. The van der Waals surface area contributed by atoms with Gasteiger partial charge < -0.3 is 5.32 Å². The third kappa shape index (κ3) is 3.69. The molecule has 0 fully saturated rings. The third-order valence-electron chi connectivity index (χ3n) is 2.30. The predicted molar refractivity (Wildman–Crippen MR) is 68.9 cm³/mol. The number of sulfonamides is 1. The predicted octanol–water partition coefficient (Wildman–Crippen LogP) is 0.419. The molecule has 1 atom stereocenters. The Kier molecular flexibility index (Phi) is 4.93. The first-order valence-corrected chi connectivity index (χ1v) is 7.50. The highest BCUT2D eigenvalue weighted by molar-refractivity contribution is 7.91. The van der Waals surface area contributed by atoms with E-state index in [1.165, 1.54) is 14.0 Å². The smallest absolute Gasteiger partial charge is 0.272 e. The topological polar surface area (TPSA) is 116 Å². The summed E-state index contributed by atoms with van der Waals surface area (Å²) in [6.45, 7) is 2.91. The molecule has 1 aromatic heterocycles. The summed E-state index contributed by atoms with van der Waals surface area (Å²) in [4.78, 5) is 10.8. The second-order valence-electron chi connectivity index (χ2n) is 3.79. The Labute approximate surface area is 115 Å². The number of amides is 1. The molecule has 0 aliphatic carbocycles. The second-order valence-corrected chi connectivity index (χ2v) is 6.94. The molecule has 0 saturated heterocycles. The van der Waals surface area contributed by atoms with E-state index in [4.69, 9.17) is 5.26 Å². The molecular weight excluding hydrogens is 290 g/mol. The molecular formula is C9H13N5O3S2. The zero-order valence-electron chi connectivity index (χ0n) is 10.6. The van der Waals surface area contributed by atoms with E-state index >= 15 is 0 Å². The number of hydrogen-bond acceptors (Lipinski definition) is 7. The van der Waals surface area contributed by atoms with E-state index in [2.05, 4.69) is 15.5 Å². The lowest BCUT2D eigenvalue weighted by molar-refractivity contribution is -0.114. The van der Waals surface area contributed by atoms with Gasteiger partial charge in [-0.2, -0.15) is 9.57 Å². The number of nitriles is 1. The van der Waals surface area contributed by atoms with Crippen molar-refractivity contribution < 1.29 is 13.2 Å². The molecule has 8 nitrogen and oxygen atoms in total. The molecule has 1 unspecified atom stereocenters. The molecule has 1 amide bonds. The van der Waals surface area contributed by atoms with Gasteiger partial charge in [0.05, 0.1) is 12.5 Å². The molecule has 0 saturated carbocycles. The van der Waals surface area contributed by atoms with E-state index in [0.29, 0.717) is 0 Å². The summed E-state index contributed by atoms with van der Waals surface area (Å²) in [5.74, 6) is -0.355. The lowest BCUT2D eigenvalue weighted by Crippen LogP contribution is -2.34. The van der Waals surface area contributed by atoms with Crippen LogP contribution in [0.3, 0.4) is 0 Å². The maximum absolute atomic E-state index is 12.2. The average molecular weight is 303 g/mol. The summed E-state index contributed by atoms with van der Waals surface area (Å²) in [6, 6.07) is 1.44. The molecule has 10 heteroatoms.